The Morgan fingerprint density at radius 2 is 2.00 bits per heavy atom. The Morgan fingerprint density at radius 3 is 2.79 bits per heavy atom. The van der Waals surface area contributed by atoms with Crippen LogP contribution in [-0.4, -0.2) is 33.7 Å². The topological polar surface area (TPSA) is 71.4 Å². The fraction of sp³-hybridized carbons (Fsp3) is 0.320. The lowest BCUT2D eigenvalue weighted by Gasteiger charge is -2.31. The summed E-state index contributed by atoms with van der Waals surface area (Å²) in [6.07, 6.45) is 2.29. The Balaban J connectivity index is 1.39. The number of thiophene rings is 1. The number of ketones is 1. The van der Waals surface area contributed by atoms with Crippen LogP contribution in [0.25, 0.3) is 0 Å². The second-order valence-electron chi connectivity index (χ2n) is 8.72. The third kappa shape index (κ3) is 3.50. The molecule has 1 saturated heterocycles. The molecule has 5 rings (SSSR count). The van der Waals surface area contributed by atoms with Crippen LogP contribution in [0.15, 0.2) is 41.8 Å². The first kappa shape index (κ1) is 21.9. The van der Waals surface area contributed by atoms with Crippen LogP contribution < -0.4 is 5.32 Å². The average molecular weight is 482 g/mol. The van der Waals surface area contributed by atoms with Gasteiger partial charge in [-0.2, -0.15) is 0 Å². The zero-order chi connectivity index (χ0) is 23.3. The number of aromatic nitrogens is 1. The van der Waals surface area contributed by atoms with Crippen molar-refractivity contribution in [1.29, 1.82) is 0 Å². The van der Waals surface area contributed by atoms with E-state index in [1.54, 1.807) is 11.3 Å². The van der Waals surface area contributed by atoms with E-state index in [9.17, 15) is 14.4 Å². The van der Waals surface area contributed by atoms with E-state index in [0.29, 0.717) is 23.6 Å². The van der Waals surface area contributed by atoms with E-state index in [4.69, 9.17) is 11.6 Å². The molecule has 3 heterocycles. The zero-order valence-electron chi connectivity index (χ0n) is 18.5. The lowest BCUT2D eigenvalue weighted by molar-refractivity contribution is -0.131. The van der Waals surface area contributed by atoms with E-state index in [0.717, 1.165) is 45.1 Å². The molecule has 3 amide bonds. The highest BCUT2D eigenvalue weighted by molar-refractivity contribution is 7.10. The summed E-state index contributed by atoms with van der Waals surface area (Å²) in [6, 6.07) is 10.8. The van der Waals surface area contributed by atoms with Crippen LogP contribution in [-0.2, 0) is 23.3 Å². The molecule has 1 unspecified atom stereocenters. The number of amides is 3. The molecular formula is C25H24ClN3O3S. The van der Waals surface area contributed by atoms with Crippen LogP contribution >= 0.6 is 22.9 Å². The molecule has 6 nitrogen and oxygen atoms in total. The van der Waals surface area contributed by atoms with Crippen molar-refractivity contribution in [1.82, 2.24) is 14.8 Å². The summed E-state index contributed by atoms with van der Waals surface area (Å²) < 4.78 is 2.03. The number of fused-ring (bicyclic) bond motifs is 2. The number of hydrogen-bond acceptors (Lipinski definition) is 4. The van der Waals surface area contributed by atoms with Crippen LogP contribution in [0, 0.1) is 13.8 Å². The molecule has 2 aliphatic rings. The van der Waals surface area contributed by atoms with Crippen LogP contribution in [0.2, 0.25) is 5.02 Å². The highest BCUT2D eigenvalue weighted by atomic mass is 35.5. The Bertz CT molecular complexity index is 1290. The molecule has 2 aromatic heterocycles. The summed E-state index contributed by atoms with van der Waals surface area (Å²) >= 11 is 7.93. The van der Waals surface area contributed by atoms with Crippen molar-refractivity contribution in [3.05, 3.63) is 79.8 Å². The van der Waals surface area contributed by atoms with Gasteiger partial charge < -0.3 is 9.88 Å². The molecular weight excluding hydrogens is 458 g/mol. The van der Waals surface area contributed by atoms with Crippen LogP contribution in [0.4, 0.5) is 4.79 Å². The Hall–Kier alpha value is -2.90. The number of carbonyl (C=O) groups excluding carboxylic acids is 3. The monoisotopic (exact) mass is 481 g/mol. The maximum Gasteiger partial charge on any atom is 0.325 e. The molecule has 1 spiro atoms. The molecule has 1 aromatic carbocycles. The number of benzene rings is 1. The zero-order valence-corrected chi connectivity index (χ0v) is 20.1. The number of hydrogen-bond donors (Lipinski definition) is 1. The molecule has 170 valence electrons. The van der Waals surface area contributed by atoms with E-state index in [2.05, 4.69) is 5.32 Å². The molecule has 8 heteroatoms. The molecule has 33 heavy (non-hydrogen) atoms. The van der Waals surface area contributed by atoms with Gasteiger partial charge in [-0.1, -0.05) is 29.8 Å². The maximum atomic E-state index is 13.4. The molecule has 3 aromatic rings. The van der Waals surface area contributed by atoms with Crippen LogP contribution in [0.5, 0.6) is 0 Å². The van der Waals surface area contributed by atoms with Gasteiger partial charge in [0.2, 0.25) is 0 Å². The van der Waals surface area contributed by atoms with Crippen molar-refractivity contribution in [3.8, 4) is 0 Å². The number of aryl methyl sites for hydroxylation is 2. The molecule has 1 aliphatic carbocycles. The maximum absolute atomic E-state index is 13.4. The lowest BCUT2D eigenvalue weighted by atomic mass is 9.80. The van der Waals surface area contributed by atoms with Crippen molar-refractivity contribution in [2.45, 2.75) is 45.2 Å². The smallest absolute Gasteiger partial charge is 0.325 e. The highest BCUT2D eigenvalue weighted by Gasteiger charge is 2.54. The predicted molar refractivity (Wildman–Crippen MR) is 128 cm³/mol. The van der Waals surface area contributed by atoms with E-state index in [-0.39, 0.29) is 18.2 Å². The molecule has 0 saturated carbocycles. The standard InChI is InChI=1S/C25H24ClN3O3S/c1-15-12-18(16(2)28(15)13-17-6-3-4-7-20(17)26)21(30)14-29-23(31)25(27-24(29)32)10-5-8-22-19(25)9-11-33-22/h3-4,6-7,9,11-12H,5,8,10,13-14H2,1-2H3,(H,27,32). The summed E-state index contributed by atoms with van der Waals surface area (Å²) in [7, 11) is 0. The lowest BCUT2D eigenvalue weighted by Crippen LogP contribution is -2.46. The SMILES string of the molecule is Cc1cc(C(=O)CN2C(=O)NC3(CCCc4sccc43)C2=O)c(C)n1Cc1ccccc1Cl. The number of urea groups is 1. The van der Waals surface area contributed by atoms with Crippen molar-refractivity contribution in [3.63, 3.8) is 0 Å². The predicted octanol–water partition coefficient (Wildman–Crippen LogP) is 4.83. The van der Waals surface area contributed by atoms with Gasteiger partial charge in [-0.25, -0.2) is 4.79 Å². The van der Waals surface area contributed by atoms with Crippen LogP contribution in [0.3, 0.4) is 0 Å². The first-order valence-corrected chi connectivity index (χ1v) is 12.2. The molecule has 0 radical (unpaired) electrons. The summed E-state index contributed by atoms with van der Waals surface area (Å²) in [5, 5.41) is 5.54. The summed E-state index contributed by atoms with van der Waals surface area (Å²) in [5.41, 5.74) is 3.02. The molecule has 0 bridgehead atoms. The largest absolute Gasteiger partial charge is 0.344 e. The third-order valence-corrected chi connectivity index (χ3v) is 8.15. The number of nitrogens with zero attached hydrogens (tertiary/aromatic N) is 2. The minimum atomic E-state index is -1.04. The second-order valence-corrected chi connectivity index (χ2v) is 10.1. The quantitative estimate of drug-likeness (QED) is 0.419. The minimum absolute atomic E-state index is 0.254. The molecule has 1 N–H and O–H groups in total. The van der Waals surface area contributed by atoms with Gasteiger partial charge in [0.15, 0.2) is 5.78 Å². The van der Waals surface area contributed by atoms with E-state index in [1.807, 2.05) is 60.2 Å². The Morgan fingerprint density at radius 1 is 1.21 bits per heavy atom. The van der Waals surface area contributed by atoms with Crippen molar-refractivity contribution >= 4 is 40.7 Å². The van der Waals surface area contributed by atoms with Gasteiger partial charge in [0.25, 0.3) is 5.91 Å². The highest BCUT2D eigenvalue weighted by Crippen LogP contribution is 2.42. The average Bonchev–Trinajstić information content (AvgIpc) is 3.44. The molecule has 1 atom stereocenters. The number of halogens is 1. The van der Waals surface area contributed by atoms with Gasteiger partial charge >= 0.3 is 6.03 Å². The number of imide groups is 1. The van der Waals surface area contributed by atoms with Gasteiger partial charge in [0, 0.05) is 39.0 Å². The van der Waals surface area contributed by atoms with E-state index in [1.165, 1.54) is 0 Å². The molecule has 1 aliphatic heterocycles. The van der Waals surface area contributed by atoms with Crippen molar-refractivity contribution in [2.75, 3.05) is 6.54 Å². The first-order chi connectivity index (χ1) is 15.8. The van der Waals surface area contributed by atoms with Gasteiger partial charge in [0.1, 0.15) is 5.54 Å². The summed E-state index contributed by atoms with van der Waals surface area (Å²) in [5.74, 6) is -0.583. The summed E-state index contributed by atoms with van der Waals surface area (Å²) in [4.78, 5) is 41.7. The van der Waals surface area contributed by atoms with Gasteiger partial charge in [0.05, 0.1) is 6.54 Å². The Kier molecular flexibility index (Phi) is 5.41. The number of Topliss-reactive ketones (excluding diaryl/α,β-unsaturated/α-hetero) is 1. The number of nitrogens with one attached hydrogen (secondary N) is 1. The van der Waals surface area contributed by atoms with Crippen molar-refractivity contribution < 1.29 is 14.4 Å². The second kappa shape index (κ2) is 8.15. The summed E-state index contributed by atoms with van der Waals surface area (Å²) in [6.45, 7) is 4.08. The fourth-order valence-electron chi connectivity index (χ4n) is 5.04. The number of carbonyl (C=O) groups is 3. The van der Waals surface area contributed by atoms with E-state index < -0.39 is 11.6 Å². The van der Waals surface area contributed by atoms with E-state index >= 15 is 0 Å². The van der Waals surface area contributed by atoms with Gasteiger partial charge in [-0.05, 0) is 62.3 Å². The third-order valence-electron chi connectivity index (χ3n) is 6.80. The van der Waals surface area contributed by atoms with Gasteiger partial charge in [-0.15, -0.1) is 11.3 Å². The van der Waals surface area contributed by atoms with Crippen molar-refractivity contribution in [2.24, 2.45) is 0 Å². The normalized spacial score (nSPS) is 19.8. The number of rotatable bonds is 5. The van der Waals surface area contributed by atoms with Gasteiger partial charge in [-0.3, -0.25) is 14.5 Å². The first-order valence-electron chi connectivity index (χ1n) is 11.0. The molecule has 1 fully saturated rings. The minimum Gasteiger partial charge on any atom is -0.344 e. The Labute approximate surface area is 201 Å². The van der Waals surface area contributed by atoms with Crippen LogP contribution in [0.1, 0.15) is 50.6 Å². The fourth-order valence-corrected chi connectivity index (χ4v) is 6.23.